The van der Waals surface area contributed by atoms with Crippen molar-refractivity contribution in [1.82, 2.24) is 0 Å². The van der Waals surface area contributed by atoms with E-state index < -0.39 is 17.5 Å². The number of carbonyl (C=O) groups excluding carboxylic acids is 2. The summed E-state index contributed by atoms with van der Waals surface area (Å²) in [6.45, 7) is 3.66. The van der Waals surface area contributed by atoms with E-state index in [-0.39, 0.29) is 17.2 Å². The van der Waals surface area contributed by atoms with E-state index in [1.165, 1.54) is 0 Å². The van der Waals surface area contributed by atoms with Gasteiger partial charge in [-0.25, -0.2) is 4.79 Å². The molecule has 1 aliphatic heterocycles. The number of rotatable bonds is 6. The fourth-order valence-electron chi connectivity index (χ4n) is 2.81. The summed E-state index contributed by atoms with van der Waals surface area (Å²) in [6, 6.07) is 7.08. The van der Waals surface area contributed by atoms with E-state index in [2.05, 4.69) is 15.9 Å². The Bertz CT molecular complexity index is 628. The summed E-state index contributed by atoms with van der Waals surface area (Å²) in [6.07, 6.45) is 1.55. The number of carbonyl (C=O) groups is 2. The lowest BCUT2D eigenvalue weighted by Gasteiger charge is -2.29. The van der Waals surface area contributed by atoms with Crippen molar-refractivity contribution in [3.8, 4) is 0 Å². The zero-order valence-corrected chi connectivity index (χ0v) is 14.5. The normalized spacial score (nSPS) is 23.5. The minimum absolute atomic E-state index is 0.130. The smallest absolute Gasteiger partial charge is 0.405 e. The van der Waals surface area contributed by atoms with Crippen LogP contribution in [0.3, 0.4) is 0 Å². The maximum atomic E-state index is 12.2. The number of halogens is 1. The van der Waals surface area contributed by atoms with Crippen molar-refractivity contribution in [1.29, 1.82) is 0 Å². The molecule has 0 aliphatic carbocycles. The van der Waals surface area contributed by atoms with Gasteiger partial charge in [0, 0.05) is 4.47 Å². The number of aldehydes is 1. The summed E-state index contributed by atoms with van der Waals surface area (Å²) < 4.78 is 5.82. The third-order valence-corrected chi connectivity index (χ3v) is 4.27. The van der Waals surface area contributed by atoms with Crippen molar-refractivity contribution in [3.05, 3.63) is 39.5 Å². The Morgan fingerprint density at radius 2 is 2.09 bits per heavy atom. The maximum Gasteiger partial charge on any atom is 0.405 e. The van der Waals surface area contributed by atoms with Crippen LogP contribution in [-0.2, 0) is 19.2 Å². The van der Waals surface area contributed by atoms with E-state index in [0.717, 1.165) is 4.47 Å². The lowest BCUT2D eigenvalue weighted by molar-refractivity contribution is -0.747. The molecule has 6 nitrogen and oxygen atoms in total. The van der Waals surface area contributed by atoms with Crippen molar-refractivity contribution in [2.24, 2.45) is 0 Å². The first-order valence-corrected chi connectivity index (χ1v) is 8.20. The van der Waals surface area contributed by atoms with Gasteiger partial charge in [-0.2, -0.15) is 0 Å². The molecule has 1 aliphatic rings. The van der Waals surface area contributed by atoms with Gasteiger partial charge in [0.1, 0.15) is 12.2 Å². The average Bonchev–Trinajstić information content (AvgIpc) is 2.82. The Kier molecular flexibility index (Phi) is 5.41. The number of ether oxygens (including phenoxy) is 1. The zero-order valence-electron chi connectivity index (χ0n) is 13.0. The van der Waals surface area contributed by atoms with Gasteiger partial charge < -0.3 is 14.4 Å². The Labute approximate surface area is 142 Å². The summed E-state index contributed by atoms with van der Waals surface area (Å²) >= 11 is 3.34. The maximum absolute atomic E-state index is 12.2. The highest BCUT2D eigenvalue weighted by atomic mass is 79.9. The predicted octanol–water partition coefficient (Wildman–Crippen LogP) is 2.73. The zero-order chi connectivity index (χ0) is 17.0. The number of nitrogens with zero attached hydrogens (tertiary/aromatic N) is 1. The molecular weight excluding hydrogens is 366 g/mol. The molecule has 0 unspecified atom stereocenters. The van der Waals surface area contributed by atoms with E-state index in [9.17, 15) is 14.8 Å². The molecule has 0 spiro atoms. The van der Waals surface area contributed by atoms with Gasteiger partial charge in [0.15, 0.2) is 5.60 Å². The van der Waals surface area contributed by atoms with Crippen molar-refractivity contribution in [3.63, 3.8) is 0 Å². The summed E-state index contributed by atoms with van der Waals surface area (Å²) in [5.41, 5.74) is -0.947. The van der Waals surface area contributed by atoms with Gasteiger partial charge in [-0.3, -0.25) is 5.21 Å². The molecule has 1 heterocycles. The summed E-state index contributed by atoms with van der Waals surface area (Å²) in [4.78, 5) is 29.4. The van der Waals surface area contributed by atoms with Crippen LogP contribution in [0.1, 0.15) is 38.2 Å². The van der Waals surface area contributed by atoms with E-state index in [4.69, 9.17) is 9.57 Å². The largest absolute Gasteiger partial charge is 0.458 e. The Morgan fingerprint density at radius 1 is 1.43 bits per heavy atom. The summed E-state index contributed by atoms with van der Waals surface area (Å²) in [7, 11) is 0. The molecule has 0 saturated heterocycles. The number of esters is 1. The predicted molar refractivity (Wildman–Crippen MR) is 86.9 cm³/mol. The first-order chi connectivity index (χ1) is 11.0. The highest BCUT2D eigenvalue weighted by molar-refractivity contribution is 9.10. The molecule has 124 valence electrons. The number of hydrogen-bond donors (Lipinski definition) is 0. The standard InChI is InChI=1S/C16H18BrNO5/c1-3-9-16(10-19)13(11-5-7-12(17)8-6-11)14(18(21)23-16)15(20)22-4-2/h5-8,10,13H,3-4,9H2,1-2H3/t13-,16-/m0/s1. The summed E-state index contributed by atoms with van der Waals surface area (Å²) in [5, 5.41) is 12.2. The van der Waals surface area contributed by atoms with Crippen LogP contribution in [0.25, 0.3) is 0 Å². The van der Waals surface area contributed by atoms with E-state index >= 15 is 0 Å². The number of hydrogen-bond acceptors (Lipinski definition) is 5. The average molecular weight is 384 g/mol. The van der Waals surface area contributed by atoms with Crippen molar-refractivity contribution >= 4 is 33.9 Å². The summed E-state index contributed by atoms with van der Waals surface area (Å²) in [5.74, 6) is -1.57. The van der Waals surface area contributed by atoms with Crippen molar-refractivity contribution in [2.45, 2.75) is 38.2 Å². The number of benzene rings is 1. The molecule has 0 aromatic heterocycles. The topological polar surface area (TPSA) is 78.7 Å². The van der Waals surface area contributed by atoms with Crippen LogP contribution < -0.4 is 0 Å². The van der Waals surface area contributed by atoms with Gasteiger partial charge in [-0.05, 0) is 31.0 Å². The monoisotopic (exact) mass is 383 g/mol. The molecule has 1 aromatic rings. The minimum atomic E-state index is -1.40. The van der Waals surface area contributed by atoms with Gasteiger partial charge >= 0.3 is 11.7 Å². The highest BCUT2D eigenvalue weighted by Gasteiger charge is 2.55. The van der Waals surface area contributed by atoms with Gasteiger partial charge in [-0.1, -0.05) is 41.4 Å². The molecule has 0 saturated carbocycles. The van der Waals surface area contributed by atoms with Crippen LogP contribution in [-0.4, -0.2) is 35.1 Å². The molecule has 0 fully saturated rings. The van der Waals surface area contributed by atoms with Crippen LogP contribution in [0.15, 0.2) is 28.7 Å². The van der Waals surface area contributed by atoms with E-state index in [1.54, 1.807) is 31.2 Å². The van der Waals surface area contributed by atoms with Crippen LogP contribution >= 0.6 is 15.9 Å². The van der Waals surface area contributed by atoms with Crippen LogP contribution in [0.4, 0.5) is 0 Å². The van der Waals surface area contributed by atoms with Crippen molar-refractivity contribution in [2.75, 3.05) is 6.61 Å². The second-order valence-electron chi connectivity index (χ2n) is 5.26. The van der Waals surface area contributed by atoms with Crippen LogP contribution in [0.5, 0.6) is 0 Å². The Hall–Kier alpha value is -1.89. The van der Waals surface area contributed by atoms with Gasteiger partial charge in [0.25, 0.3) is 0 Å². The molecular formula is C16H18BrNO5. The molecule has 23 heavy (non-hydrogen) atoms. The third-order valence-electron chi connectivity index (χ3n) is 3.74. The fourth-order valence-corrected chi connectivity index (χ4v) is 3.08. The highest BCUT2D eigenvalue weighted by Crippen LogP contribution is 2.40. The van der Waals surface area contributed by atoms with Gasteiger partial charge in [-0.15, -0.1) is 0 Å². The minimum Gasteiger partial charge on any atom is -0.458 e. The van der Waals surface area contributed by atoms with Crippen LogP contribution in [0.2, 0.25) is 0 Å². The third kappa shape index (κ3) is 3.24. The first-order valence-electron chi connectivity index (χ1n) is 7.41. The van der Waals surface area contributed by atoms with Crippen molar-refractivity contribution < 1.29 is 24.1 Å². The SMILES string of the molecule is CCC[C@@]1(C=O)O[N+]([O-])=C(C(=O)OCC)[C@@H]1c1ccc(Br)cc1. The molecule has 0 amide bonds. The molecule has 0 radical (unpaired) electrons. The Morgan fingerprint density at radius 3 is 2.61 bits per heavy atom. The fraction of sp³-hybridized carbons (Fsp3) is 0.438. The molecule has 1 aromatic carbocycles. The first kappa shape index (κ1) is 17.5. The second kappa shape index (κ2) is 7.12. The Balaban J connectivity index is 2.55. The lowest BCUT2D eigenvalue weighted by Crippen LogP contribution is -2.41. The van der Waals surface area contributed by atoms with Gasteiger partial charge in [0.05, 0.1) is 11.5 Å². The molecule has 2 atom stereocenters. The molecule has 7 heteroatoms. The second-order valence-corrected chi connectivity index (χ2v) is 6.18. The van der Waals surface area contributed by atoms with Crippen LogP contribution in [0, 0.1) is 5.21 Å². The quantitative estimate of drug-likeness (QED) is 0.428. The molecule has 0 N–H and O–H groups in total. The lowest BCUT2D eigenvalue weighted by atomic mass is 9.77. The molecule has 2 rings (SSSR count). The van der Waals surface area contributed by atoms with E-state index in [1.807, 2.05) is 6.92 Å². The van der Waals surface area contributed by atoms with E-state index in [0.29, 0.717) is 24.7 Å². The van der Waals surface area contributed by atoms with Gasteiger partial charge in [0.2, 0.25) is 0 Å². The molecule has 0 bridgehead atoms.